The van der Waals surface area contributed by atoms with E-state index < -0.39 is 45.6 Å². The highest BCUT2D eigenvalue weighted by molar-refractivity contribution is 6.01. The summed E-state index contributed by atoms with van der Waals surface area (Å²) >= 11 is 0. The van der Waals surface area contributed by atoms with Crippen LogP contribution in [0.4, 0.5) is 11.4 Å². The lowest BCUT2D eigenvalue weighted by molar-refractivity contribution is -0.385. The smallest absolute Gasteiger partial charge is 0.336 e. The second-order valence-electron chi connectivity index (χ2n) is 16.7. The van der Waals surface area contributed by atoms with Crippen LogP contribution in [-0.2, 0) is 51.2 Å². The molecule has 0 spiro atoms. The average molecular weight is 959 g/mol. The van der Waals surface area contributed by atoms with E-state index in [1.807, 2.05) is 84.6 Å². The van der Waals surface area contributed by atoms with Gasteiger partial charge in [0.15, 0.2) is 0 Å². The van der Waals surface area contributed by atoms with E-state index in [9.17, 15) is 39.4 Å². The Balaban J connectivity index is 0.000000261. The van der Waals surface area contributed by atoms with E-state index in [0.29, 0.717) is 60.1 Å². The molecular formula is C52H58N6O12. The van der Waals surface area contributed by atoms with Gasteiger partial charge < -0.3 is 29.6 Å². The molecule has 0 fully saturated rings. The largest absolute Gasteiger partial charge is 0.466 e. The Kier molecular flexibility index (Phi) is 18.8. The monoisotopic (exact) mass is 958 g/mol. The van der Waals surface area contributed by atoms with Gasteiger partial charge in [-0.2, -0.15) is 0 Å². The third kappa shape index (κ3) is 13.6. The first-order chi connectivity index (χ1) is 33.4. The molecule has 4 aromatic rings. The lowest BCUT2D eigenvalue weighted by Gasteiger charge is -2.30. The fourth-order valence-electron chi connectivity index (χ4n) is 8.28. The summed E-state index contributed by atoms with van der Waals surface area (Å²) in [5.41, 5.74) is 5.70. The molecule has 0 bridgehead atoms. The molecule has 2 atom stereocenters. The Morgan fingerprint density at radius 2 is 0.843 bits per heavy atom. The van der Waals surface area contributed by atoms with Gasteiger partial charge in [-0.1, -0.05) is 84.9 Å². The number of methoxy groups -OCH3 is 2. The topological polar surface area (TPSA) is 222 Å². The Hall–Kier alpha value is -7.96. The maximum Gasteiger partial charge on any atom is 0.336 e. The summed E-state index contributed by atoms with van der Waals surface area (Å²) < 4.78 is 21.1. The van der Waals surface area contributed by atoms with Gasteiger partial charge in [0.25, 0.3) is 11.4 Å². The van der Waals surface area contributed by atoms with Gasteiger partial charge in [0.05, 0.1) is 58.2 Å². The number of nitrogens with zero attached hydrogens (tertiary/aromatic N) is 4. The zero-order chi connectivity index (χ0) is 51.1. The maximum absolute atomic E-state index is 13.3. The molecule has 2 aliphatic rings. The van der Waals surface area contributed by atoms with Crippen LogP contribution in [0.2, 0.25) is 0 Å². The molecule has 368 valence electrons. The molecule has 0 radical (unpaired) electrons. The lowest BCUT2D eigenvalue weighted by Crippen LogP contribution is -2.33. The highest BCUT2D eigenvalue weighted by Crippen LogP contribution is 2.41. The van der Waals surface area contributed by atoms with E-state index in [-0.39, 0.29) is 46.9 Å². The molecule has 70 heavy (non-hydrogen) atoms. The van der Waals surface area contributed by atoms with Crippen molar-refractivity contribution in [1.29, 1.82) is 0 Å². The van der Waals surface area contributed by atoms with Crippen LogP contribution in [-0.4, -0.2) is 98.1 Å². The molecule has 6 rings (SSSR count). The molecule has 0 saturated heterocycles. The van der Waals surface area contributed by atoms with Gasteiger partial charge >= 0.3 is 23.9 Å². The van der Waals surface area contributed by atoms with E-state index in [0.717, 1.165) is 11.1 Å². The van der Waals surface area contributed by atoms with Crippen molar-refractivity contribution in [3.63, 3.8) is 0 Å². The van der Waals surface area contributed by atoms with Crippen molar-refractivity contribution in [2.24, 2.45) is 0 Å². The van der Waals surface area contributed by atoms with Crippen LogP contribution in [0, 0.1) is 20.2 Å². The van der Waals surface area contributed by atoms with Crippen molar-refractivity contribution in [3.05, 3.63) is 197 Å². The van der Waals surface area contributed by atoms with Crippen LogP contribution in [0.1, 0.15) is 61.8 Å². The van der Waals surface area contributed by atoms with Crippen molar-refractivity contribution < 1.29 is 48.0 Å². The predicted octanol–water partition coefficient (Wildman–Crippen LogP) is 7.36. The number of rotatable bonds is 18. The Labute approximate surface area is 406 Å². The summed E-state index contributed by atoms with van der Waals surface area (Å²) in [6.45, 7) is 9.48. The minimum absolute atomic E-state index is 0.136. The van der Waals surface area contributed by atoms with Gasteiger partial charge in [-0.25, -0.2) is 19.2 Å². The summed E-state index contributed by atoms with van der Waals surface area (Å²) in [6, 6.07) is 31.7. The quantitative estimate of drug-likeness (QED) is 0.0430. The second kappa shape index (κ2) is 24.9. The molecule has 4 aromatic carbocycles. The number of nitro benzene ring substituents is 2. The number of ether oxygens (including phenoxy) is 4. The summed E-state index contributed by atoms with van der Waals surface area (Å²) in [7, 11) is 6.36. The van der Waals surface area contributed by atoms with Crippen molar-refractivity contribution in [2.45, 2.75) is 52.6 Å². The molecule has 18 nitrogen and oxygen atoms in total. The number of allylic oxidation sites excluding steroid dienone is 4. The van der Waals surface area contributed by atoms with Gasteiger partial charge in [-0.05, 0) is 64.0 Å². The van der Waals surface area contributed by atoms with Gasteiger partial charge in [-0.3, -0.25) is 30.0 Å². The van der Waals surface area contributed by atoms with E-state index in [2.05, 4.69) is 10.6 Å². The minimum atomic E-state index is -0.877. The van der Waals surface area contributed by atoms with Crippen molar-refractivity contribution in [1.82, 2.24) is 20.4 Å². The highest BCUT2D eigenvalue weighted by atomic mass is 16.6. The second-order valence-corrected chi connectivity index (χ2v) is 16.7. The van der Waals surface area contributed by atoms with Gasteiger partial charge in [0.2, 0.25) is 0 Å². The first-order valence-corrected chi connectivity index (χ1v) is 22.3. The molecule has 0 aliphatic carbocycles. The summed E-state index contributed by atoms with van der Waals surface area (Å²) in [5, 5.41) is 28.9. The highest BCUT2D eigenvalue weighted by Gasteiger charge is 2.40. The Morgan fingerprint density at radius 3 is 1.16 bits per heavy atom. The van der Waals surface area contributed by atoms with E-state index in [1.165, 1.54) is 50.6 Å². The fourth-order valence-corrected chi connectivity index (χ4v) is 8.28. The number of likely N-dealkylation sites (N-methyl/N-ethyl adjacent to an activating group) is 2. The zero-order valence-electron chi connectivity index (χ0n) is 40.5. The Morgan fingerprint density at radius 1 is 0.514 bits per heavy atom. The van der Waals surface area contributed by atoms with Crippen molar-refractivity contribution in [2.75, 3.05) is 54.6 Å². The number of carbonyl (C=O) groups is 4. The zero-order valence-corrected chi connectivity index (χ0v) is 40.5. The molecule has 2 heterocycles. The summed E-state index contributed by atoms with van der Waals surface area (Å²) in [5.74, 6) is -4.22. The molecular weight excluding hydrogens is 901 g/mol. The van der Waals surface area contributed by atoms with E-state index in [1.54, 1.807) is 39.8 Å². The number of dihydropyridines is 2. The number of benzene rings is 4. The summed E-state index contributed by atoms with van der Waals surface area (Å²) in [4.78, 5) is 77.7. The van der Waals surface area contributed by atoms with Crippen molar-refractivity contribution in [3.8, 4) is 0 Å². The van der Waals surface area contributed by atoms with Crippen LogP contribution in [0.15, 0.2) is 154 Å². The molecule has 0 aromatic heterocycles. The first kappa shape index (κ1) is 53.0. The SMILES string of the molecule is COC(=O)C1=C(C)NC(C)=C(C(=O)OCCN(C)Cc2ccccc2)C1c1cccc([N+](=O)[O-])c1.COC(=O)C1=C(C)NC(C)=C(C(=O)OCCN(C)Cc2ccccc2)C1c1cccc([N+](=O)[O-])c1. The molecule has 18 heteroatoms. The average Bonchev–Trinajstić information content (AvgIpc) is 3.33. The molecule has 2 unspecified atom stereocenters. The normalized spacial score (nSPS) is 15.6. The number of hydrogen-bond acceptors (Lipinski definition) is 16. The van der Waals surface area contributed by atoms with Gasteiger partial charge in [-0.15, -0.1) is 0 Å². The molecule has 0 amide bonds. The van der Waals surface area contributed by atoms with E-state index >= 15 is 0 Å². The number of carbonyl (C=O) groups excluding carboxylic acids is 4. The molecule has 2 N–H and O–H groups in total. The number of nitrogens with one attached hydrogen (secondary N) is 2. The number of non-ortho nitro benzene ring substituents is 2. The van der Waals surface area contributed by atoms with Crippen LogP contribution < -0.4 is 10.6 Å². The summed E-state index contributed by atoms with van der Waals surface area (Å²) in [6.07, 6.45) is 0. The standard InChI is InChI=1S/2C26H29N3O6/c2*1-17-22(25(30)34-4)24(20-11-8-12-21(15-20)29(32)33)23(18(2)27-17)26(31)35-14-13-28(3)16-19-9-6-5-7-10-19/h2*5-12,15,24,27H,13-14,16H2,1-4H3. The van der Waals surface area contributed by atoms with Crippen LogP contribution in [0.25, 0.3) is 0 Å². The first-order valence-electron chi connectivity index (χ1n) is 22.3. The third-order valence-electron chi connectivity index (χ3n) is 11.6. The van der Waals surface area contributed by atoms with Crippen molar-refractivity contribution >= 4 is 35.3 Å². The van der Waals surface area contributed by atoms with Crippen LogP contribution >= 0.6 is 0 Å². The van der Waals surface area contributed by atoms with Crippen LogP contribution in [0.5, 0.6) is 0 Å². The number of esters is 4. The number of hydrogen-bond donors (Lipinski definition) is 2. The molecule has 0 saturated carbocycles. The minimum Gasteiger partial charge on any atom is -0.466 e. The van der Waals surface area contributed by atoms with Gasteiger partial charge in [0.1, 0.15) is 13.2 Å². The molecule has 2 aliphatic heterocycles. The van der Waals surface area contributed by atoms with Crippen LogP contribution in [0.3, 0.4) is 0 Å². The fraction of sp³-hybridized carbons (Fsp3) is 0.308. The maximum atomic E-state index is 13.3. The Bertz CT molecular complexity index is 2530. The third-order valence-corrected chi connectivity index (χ3v) is 11.6. The van der Waals surface area contributed by atoms with Gasteiger partial charge in [0, 0.05) is 73.2 Å². The lowest BCUT2D eigenvalue weighted by atomic mass is 9.80. The number of nitro groups is 2. The van der Waals surface area contributed by atoms with E-state index in [4.69, 9.17) is 18.9 Å². The predicted molar refractivity (Wildman–Crippen MR) is 260 cm³/mol.